The Labute approximate surface area is 215 Å². The number of hydrogen-bond acceptors (Lipinski definition) is 6. The molecule has 1 saturated heterocycles. The highest BCUT2D eigenvalue weighted by atomic mass is 19.1. The first-order chi connectivity index (χ1) is 18.0. The van der Waals surface area contributed by atoms with Gasteiger partial charge in [0.05, 0.1) is 24.0 Å². The molecule has 0 radical (unpaired) electrons. The molecule has 8 heteroatoms. The number of halogens is 1. The molecule has 3 aromatic carbocycles. The summed E-state index contributed by atoms with van der Waals surface area (Å²) < 4.78 is 25.3. The SMILES string of the molecule is Cc1ccc(C2=NN(C(=O)CN3CCN(c4ccccc4F)CC3)C(c3ccc4c(c3)OCO4)C2)cc1. The second-order valence-electron chi connectivity index (χ2n) is 9.70. The van der Waals surface area contributed by atoms with E-state index in [0.29, 0.717) is 49.8 Å². The van der Waals surface area contributed by atoms with E-state index in [1.807, 2.05) is 29.2 Å². The van der Waals surface area contributed by atoms with E-state index in [0.717, 1.165) is 16.8 Å². The molecule has 3 aromatic rings. The Balaban J connectivity index is 1.19. The first kappa shape index (κ1) is 23.5. The Morgan fingerprint density at radius 3 is 2.51 bits per heavy atom. The highest BCUT2D eigenvalue weighted by molar-refractivity contribution is 6.03. The van der Waals surface area contributed by atoms with Crippen molar-refractivity contribution in [3.05, 3.63) is 89.2 Å². The minimum absolute atomic E-state index is 0.0517. The molecule has 1 amide bonds. The predicted molar refractivity (Wildman–Crippen MR) is 140 cm³/mol. The molecule has 3 heterocycles. The number of carbonyl (C=O) groups excluding carboxylic acids is 1. The Kier molecular flexibility index (Phi) is 6.26. The molecule has 190 valence electrons. The molecule has 3 aliphatic heterocycles. The van der Waals surface area contributed by atoms with E-state index in [4.69, 9.17) is 14.6 Å². The van der Waals surface area contributed by atoms with Crippen molar-refractivity contribution in [2.45, 2.75) is 19.4 Å². The smallest absolute Gasteiger partial charge is 0.257 e. The molecule has 0 bridgehead atoms. The van der Waals surface area contributed by atoms with Gasteiger partial charge in [-0.15, -0.1) is 0 Å². The lowest BCUT2D eigenvalue weighted by atomic mass is 9.97. The van der Waals surface area contributed by atoms with Gasteiger partial charge in [0, 0.05) is 32.6 Å². The van der Waals surface area contributed by atoms with Gasteiger partial charge in [0.1, 0.15) is 5.82 Å². The van der Waals surface area contributed by atoms with Crippen LogP contribution in [-0.2, 0) is 4.79 Å². The molecule has 1 atom stereocenters. The summed E-state index contributed by atoms with van der Waals surface area (Å²) in [5.74, 6) is 1.14. The number of benzene rings is 3. The lowest BCUT2D eigenvalue weighted by molar-refractivity contribution is -0.134. The first-order valence-corrected chi connectivity index (χ1v) is 12.6. The van der Waals surface area contributed by atoms with Crippen molar-refractivity contribution in [1.29, 1.82) is 0 Å². The molecule has 7 nitrogen and oxygen atoms in total. The normalized spacial score (nSPS) is 19.3. The fraction of sp³-hybridized carbons (Fsp3) is 0.310. The van der Waals surface area contributed by atoms with Crippen molar-refractivity contribution in [2.24, 2.45) is 5.10 Å². The summed E-state index contributed by atoms with van der Waals surface area (Å²) in [5.41, 5.74) is 4.67. The highest BCUT2D eigenvalue weighted by Crippen LogP contribution is 2.39. The van der Waals surface area contributed by atoms with Crippen LogP contribution in [0.4, 0.5) is 10.1 Å². The minimum Gasteiger partial charge on any atom is -0.454 e. The maximum atomic E-state index is 14.2. The maximum absolute atomic E-state index is 14.2. The Morgan fingerprint density at radius 2 is 1.73 bits per heavy atom. The molecule has 1 unspecified atom stereocenters. The summed E-state index contributed by atoms with van der Waals surface area (Å²) in [6.45, 7) is 5.20. The van der Waals surface area contributed by atoms with Crippen molar-refractivity contribution in [3.8, 4) is 11.5 Å². The zero-order valence-corrected chi connectivity index (χ0v) is 20.8. The van der Waals surface area contributed by atoms with Crippen LogP contribution in [-0.4, -0.2) is 61.0 Å². The van der Waals surface area contributed by atoms with Crippen LogP contribution in [0.25, 0.3) is 0 Å². The van der Waals surface area contributed by atoms with E-state index in [9.17, 15) is 9.18 Å². The maximum Gasteiger partial charge on any atom is 0.257 e. The molecular formula is C29H29FN4O3. The average Bonchev–Trinajstić information content (AvgIpc) is 3.57. The quantitative estimate of drug-likeness (QED) is 0.521. The summed E-state index contributed by atoms with van der Waals surface area (Å²) in [4.78, 5) is 17.8. The number of piperazine rings is 1. The fourth-order valence-corrected chi connectivity index (χ4v) is 5.16. The number of para-hydroxylation sites is 1. The molecule has 6 rings (SSSR count). The van der Waals surface area contributed by atoms with Crippen molar-refractivity contribution >= 4 is 17.3 Å². The van der Waals surface area contributed by atoms with Crippen LogP contribution in [0.2, 0.25) is 0 Å². The van der Waals surface area contributed by atoms with Crippen LogP contribution in [0.5, 0.6) is 11.5 Å². The number of rotatable bonds is 5. The second-order valence-corrected chi connectivity index (χ2v) is 9.70. The van der Waals surface area contributed by atoms with E-state index in [1.165, 1.54) is 11.6 Å². The van der Waals surface area contributed by atoms with Gasteiger partial charge in [0.25, 0.3) is 5.91 Å². The third kappa shape index (κ3) is 4.76. The Hall–Kier alpha value is -3.91. The van der Waals surface area contributed by atoms with Crippen LogP contribution in [0, 0.1) is 12.7 Å². The standard InChI is InChI=1S/C29H29FN4O3/c1-20-6-8-21(9-7-20)24-17-26(22-10-11-27-28(16-22)37-19-36-27)34(31-24)29(35)18-32-12-14-33(15-13-32)25-5-3-2-4-23(25)30/h2-11,16,26H,12-15,17-19H2,1H3. The molecule has 0 N–H and O–H groups in total. The van der Waals surface area contributed by atoms with Crippen molar-refractivity contribution < 1.29 is 18.7 Å². The molecular weight excluding hydrogens is 471 g/mol. The molecule has 3 aliphatic rings. The van der Waals surface area contributed by atoms with E-state index in [1.54, 1.807) is 17.1 Å². The fourth-order valence-electron chi connectivity index (χ4n) is 5.16. The Morgan fingerprint density at radius 1 is 0.973 bits per heavy atom. The van der Waals surface area contributed by atoms with Gasteiger partial charge >= 0.3 is 0 Å². The van der Waals surface area contributed by atoms with E-state index >= 15 is 0 Å². The van der Waals surface area contributed by atoms with Crippen molar-refractivity contribution in [3.63, 3.8) is 0 Å². The highest BCUT2D eigenvalue weighted by Gasteiger charge is 2.35. The molecule has 0 spiro atoms. The number of amides is 1. The van der Waals surface area contributed by atoms with Gasteiger partial charge in [-0.05, 0) is 42.3 Å². The van der Waals surface area contributed by atoms with Crippen molar-refractivity contribution in [1.82, 2.24) is 9.91 Å². The topological polar surface area (TPSA) is 57.6 Å². The van der Waals surface area contributed by atoms with Gasteiger partial charge < -0.3 is 14.4 Å². The number of carbonyl (C=O) groups is 1. The summed E-state index contributed by atoms with van der Waals surface area (Å²) in [5, 5.41) is 6.46. The number of hydrazone groups is 1. The summed E-state index contributed by atoms with van der Waals surface area (Å²) in [7, 11) is 0. The summed E-state index contributed by atoms with van der Waals surface area (Å²) in [6.07, 6.45) is 0.621. The average molecular weight is 501 g/mol. The van der Waals surface area contributed by atoms with Crippen LogP contribution in [0.1, 0.15) is 29.2 Å². The summed E-state index contributed by atoms with van der Waals surface area (Å²) >= 11 is 0. The van der Waals surface area contributed by atoms with E-state index in [2.05, 4.69) is 36.1 Å². The first-order valence-electron chi connectivity index (χ1n) is 12.6. The number of nitrogens with zero attached hydrogens (tertiary/aromatic N) is 4. The lowest BCUT2D eigenvalue weighted by Gasteiger charge is -2.36. The number of fused-ring (bicyclic) bond motifs is 1. The Bertz CT molecular complexity index is 1340. The van der Waals surface area contributed by atoms with Gasteiger partial charge in [0.2, 0.25) is 6.79 Å². The molecule has 0 saturated carbocycles. The zero-order valence-electron chi connectivity index (χ0n) is 20.8. The van der Waals surface area contributed by atoms with Gasteiger partial charge in [-0.25, -0.2) is 9.40 Å². The molecule has 0 aromatic heterocycles. The molecule has 37 heavy (non-hydrogen) atoms. The molecule has 1 fully saturated rings. The largest absolute Gasteiger partial charge is 0.454 e. The van der Waals surface area contributed by atoms with Gasteiger partial charge in [0.15, 0.2) is 11.5 Å². The second kappa shape index (κ2) is 9.86. The zero-order chi connectivity index (χ0) is 25.4. The predicted octanol–water partition coefficient (Wildman–Crippen LogP) is 4.36. The third-order valence-corrected chi connectivity index (χ3v) is 7.26. The molecule has 0 aliphatic carbocycles. The third-order valence-electron chi connectivity index (χ3n) is 7.26. The van der Waals surface area contributed by atoms with Gasteiger partial charge in [-0.2, -0.15) is 5.10 Å². The van der Waals surface area contributed by atoms with Crippen LogP contribution in [0.3, 0.4) is 0 Å². The summed E-state index contributed by atoms with van der Waals surface area (Å²) in [6, 6.07) is 20.7. The minimum atomic E-state index is -0.224. The number of anilines is 1. The van der Waals surface area contributed by atoms with Crippen LogP contribution in [0.15, 0.2) is 71.8 Å². The monoisotopic (exact) mass is 500 g/mol. The number of aryl methyl sites for hydroxylation is 1. The van der Waals surface area contributed by atoms with Crippen LogP contribution < -0.4 is 14.4 Å². The van der Waals surface area contributed by atoms with Crippen molar-refractivity contribution in [2.75, 3.05) is 44.4 Å². The lowest BCUT2D eigenvalue weighted by Crippen LogP contribution is -2.49. The van der Waals surface area contributed by atoms with E-state index in [-0.39, 0.29) is 31.1 Å². The van der Waals surface area contributed by atoms with Crippen LogP contribution >= 0.6 is 0 Å². The number of hydrogen-bond donors (Lipinski definition) is 0. The van der Waals surface area contributed by atoms with E-state index < -0.39 is 0 Å². The van der Waals surface area contributed by atoms with Gasteiger partial charge in [-0.1, -0.05) is 48.0 Å². The number of ether oxygens (including phenoxy) is 2. The van der Waals surface area contributed by atoms with Gasteiger partial charge in [-0.3, -0.25) is 9.69 Å².